The molecular formula is C15H20N2O3S. The van der Waals surface area contributed by atoms with E-state index in [1.165, 1.54) is 0 Å². The standard InChI is InChI=1S/C15H20N2O3S/c18-14(10-21-13-4-6-16-7-5-13)17-12-3-1-2-11(8-12)9-15(19)20/h1-3,8,13,16H,4-7,9-10H2,(H,17,18)(H,19,20). The number of rotatable bonds is 6. The molecule has 1 heterocycles. The summed E-state index contributed by atoms with van der Waals surface area (Å²) in [6, 6.07) is 6.99. The molecule has 1 amide bonds. The summed E-state index contributed by atoms with van der Waals surface area (Å²) in [5.41, 5.74) is 1.34. The molecule has 0 aromatic heterocycles. The lowest BCUT2D eigenvalue weighted by Crippen LogP contribution is -2.30. The number of hydrogen-bond donors (Lipinski definition) is 3. The van der Waals surface area contributed by atoms with E-state index in [-0.39, 0.29) is 12.3 Å². The van der Waals surface area contributed by atoms with Gasteiger partial charge in [0.1, 0.15) is 0 Å². The summed E-state index contributed by atoms with van der Waals surface area (Å²) < 4.78 is 0. The molecule has 1 aliphatic heterocycles. The highest BCUT2D eigenvalue weighted by molar-refractivity contribution is 8.00. The average Bonchev–Trinajstić information content (AvgIpc) is 2.46. The van der Waals surface area contributed by atoms with E-state index in [9.17, 15) is 9.59 Å². The normalized spacial score (nSPS) is 15.6. The van der Waals surface area contributed by atoms with E-state index in [4.69, 9.17) is 5.11 Å². The molecule has 21 heavy (non-hydrogen) atoms. The highest BCUT2D eigenvalue weighted by Crippen LogP contribution is 2.20. The number of hydrogen-bond acceptors (Lipinski definition) is 4. The Balaban J connectivity index is 1.80. The number of anilines is 1. The fourth-order valence-electron chi connectivity index (χ4n) is 2.29. The van der Waals surface area contributed by atoms with Crippen molar-refractivity contribution in [1.29, 1.82) is 0 Å². The van der Waals surface area contributed by atoms with Crippen molar-refractivity contribution in [3.63, 3.8) is 0 Å². The summed E-state index contributed by atoms with van der Waals surface area (Å²) in [7, 11) is 0. The molecular weight excluding hydrogens is 288 g/mol. The number of benzene rings is 1. The minimum absolute atomic E-state index is 0.0342. The first kappa shape index (κ1) is 15.9. The fourth-order valence-corrected chi connectivity index (χ4v) is 3.31. The van der Waals surface area contributed by atoms with E-state index >= 15 is 0 Å². The fraction of sp³-hybridized carbons (Fsp3) is 0.467. The van der Waals surface area contributed by atoms with Crippen LogP contribution in [0.4, 0.5) is 5.69 Å². The number of amides is 1. The molecule has 0 unspecified atom stereocenters. The van der Waals surface area contributed by atoms with Crippen LogP contribution in [0.1, 0.15) is 18.4 Å². The monoisotopic (exact) mass is 308 g/mol. The first-order valence-electron chi connectivity index (χ1n) is 7.06. The van der Waals surface area contributed by atoms with Gasteiger partial charge in [-0.05, 0) is 43.6 Å². The van der Waals surface area contributed by atoms with Crippen LogP contribution in [0.25, 0.3) is 0 Å². The number of carboxylic acids is 1. The Morgan fingerprint density at radius 1 is 1.33 bits per heavy atom. The molecule has 1 aliphatic rings. The first-order chi connectivity index (χ1) is 10.1. The average molecular weight is 308 g/mol. The van der Waals surface area contributed by atoms with Crippen LogP contribution < -0.4 is 10.6 Å². The van der Waals surface area contributed by atoms with Gasteiger partial charge < -0.3 is 15.7 Å². The Hall–Kier alpha value is -1.53. The van der Waals surface area contributed by atoms with E-state index in [2.05, 4.69) is 10.6 Å². The molecule has 5 nitrogen and oxygen atoms in total. The third-order valence-electron chi connectivity index (χ3n) is 3.30. The van der Waals surface area contributed by atoms with Crippen LogP contribution in [0.2, 0.25) is 0 Å². The van der Waals surface area contributed by atoms with Gasteiger partial charge in [-0.15, -0.1) is 11.8 Å². The summed E-state index contributed by atoms with van der Waals surface area (Å²) in [5.74, 6) is -0.473. The van der Waals surface area contributed by atoms with Gasteiger partial charge in [-0.2, -0.15) is 0 Å². The maximum absolute atomic E-state index is 11.9. The van der Waals surface area contributed by atoms with Gasteiger partial charge in [0.25, 0.3) is 0 Å². The maximum atomic E-state index is 11.9. The van der Waals surface area contributed by atoms with Crippen LogP contribution in [-0.2, 0) is 16.0 Å². The number of nitrogens with one attached hydrogen (secondary N) is 2. The molecule has 2 rings (SSSR count). The topological polar surface area (TPSA) is 78.4 Å². The van der Waals surface area contributed by atoms with Crippen LogP contribution in [0, 0.1) is 0 Å². The Kier molecular flexibility index (Phi) is 6.07. The van der Waals surface area contributed by atoms with Crippen LogP contribution in [0.15, 0.2) is 24.3 Å². The minimum atomic E-state index is -0.875. The summed E-state index contributed by atoms with van der Waals surface area (Å²) in [4.78, 5) is 22.6. The summed E-state index contributed by atoms with van der Waals surface area (Å²) in [5, 5.41) is 15.5. The molecule has 0 bridgehead atoms. The lowest BCUT2D eigenvalue weighted by molar-refractivity contribution is -0.136. The molecule has 1 saturated heterocycles. The predicted octanol–water partition coefficient (Wildman–Crippen LogP) is 1.74. The number of carbonyl (C=O) groups excluding carboxylic acids is 1. The third-order valence-corrected chi connectivity index (χ3v) is 4.67. The lowest BCUT2D eigenvalue weighted by Gasteiger charge is -2.21. The number of thioether (sulfide) groups is 1. The highest BCUT2D eigenvalue weighted by atomic mass is 32.2. The number of carboxylic acid groups (broad SMARTS) is 1. The van der Waals surface area contributed by atoms with Crippen molar-refractivity contribution in [2.75, 3.05) is 24.2 Å². The second-order valence-corrected chi connectivity index (χ2v) is 6.37. The molecule has 1 aromatic rings. The van der Waals surface area contributed by atoms with Gasteiger partial charge >= 0.3 is 5.97 Å². The minimum Gasteiger partial charge on any atom is -0.481 e. The van der Waals surface area contributed by atoms with E-state index in [0.717, 1.165) is 25.9 Å². The van der Waals surface area contributed by atoms with Gasteiger partial charge in [0.2, 0.25) is 5.91 Å². The molecule has 1 aromatic carbocycles. The van der Waals surface area contributed by atoms with Crippen molar-refractivity contribution in [3.8, 4) is 0 Å². The van der Waals surface area contributed by atoms with E-state index in [1.807, 2.05) is 0 Å². The molecule has 114 valence electrons. The summed E-state index contributed by atoms with van der Waals surface area (Å²) >= 11 is 1.69. The van der Waals surface area contributed by atoms with Crippen molar-refractivity contribution in [3.05, 3.63) is 29.8 Å². The van der Waals surface area contributed by atoms with Crippen LogP contribution in [0.3, 0.4) is 0 Å². The molecule has 0 aliphatic carbocycles. The number of carbonyl (C=O) groups is 2. The molecule has 1 fully saturated rings. The molecule has 0 atom stereocenters. The van der Waals surface area contributed by atoms with Crippen LogP contribution in [0.5, 0.6) is 0 Å². The lowest BCUT2D eigenvalue weighted by atomic mass is 10.1. The molecule has 0 spiro atoms. The second kappa shape index (κ2) is 8.05. The SMILES string of the molecule is O=C(O)Cc1cccc(NC(=O)CSC2CCNCC2)c1. The van der Waals surface area contributed by atoms with Gasteiger partial charge in [0, 0.05) is 10.9 Å². The van der Waals surface area contributed by atoms with Crippen molar-refractivity contribution in [2.45, 2.75) is 24.5 Å². The zero-order valence-electron chi connectivity index (χ0n) is 11.8. The quantitative estimate of drug-likeness (QED) is 0.746. The van der Waals surface area contributed by atoms with Gasteiger partial charge in [-0.3, -0.25) is 9.59 Å². The van der Waals surface area contributed by atoms with E-state index < -0.39 is 5.97 Å². The maximum Gasteiger partial charge on any atom is 0.307 e. The van der Waals surface area contributed by atoms with Crippen molar-refractivity contribution in [1.82, 2.24) is 5.32 Å². The molecule has 0 radical (unpaired) electrons. The van der Waals surface area contributed by atoms with Crippen molar-refractivity contribution < 1.29 is 14.7 Å². The first-order valence-corrected chi connectivity index (χ1v) is 8.11. The van der Waals surface area contributed by atoms with Gasteiger partial charge in [-0.1, -0.05) is 12.1 Å². The Labute approximate surface area is 128 Å². The van der Waals surface area contributed by atoms with E-state index in [1.54, 1.807) is 36.0 Å². The smallest absolute Gasteiger partial charge is 0.307 e. The van der Waals surface area contributed by atoms with Gasteiger partial charge in [0.15, 0.2) is 0 Å². The highest BCUT2D eigenvalue weighted by Gasteiger charge is 2.15. The number of aliphatic carboxylic acids is 1. The van der Waals surface area contributed by atoms with Gasteiger partial charge in [-0.25, -0.2) is 0 Å². The summed E-state index contributed by atoms with van der Waals surface area (Å²) in [6.07, 6.45) is 2.17. The molecule has 6 heteroatoms. The zero-order chi connectivity index (χ0) is 15.1. The third kappa shape index (κ3) is 5.77. The van der Waals surface area contributed by atoms with Crippen molar-refractivity contribution >= 4 is 29.3 Å². The van der Waals surface area contributed by atoms with Crippen LogP contribution >= 0.6 is 11.8 Å². The summed E-state index contributed by atoms with van der Waals surface area (Å²) in [6.45, 7) is 2.05. The molecule has 0 saturated carbocycles. The van der Waals surface area contributed by atoms with Crippen LogP contribution in [-0.4, -0.2) is 41.1 Å². The Morgan fingerprint density at radius 2 is 2.10 bits per heavy atom. The van der Waals surface area contributed by atoms with Gasteiger partial charge in [0.05, 0.1) is 12.2 Å². The van der Waals surface area contributed by atoms with E-state index in [0.29, 0.717) is 22.3 Å². The predicted molar refractivity (Wildman–Crippen MR) is 84.8 cm³/mol. The largest absolute Gasteiger partial charge is 0.481 e. The number of piperidine rings is 1. The Morgan fingerprint density at radius 3 is 2.81 bits per heavy atom. The van der Waals surface area contributed by atoms with Crippen molar-refractivity contribution in [2.24, 2.45) is 0 Å². The zero-order valence-corrected chi connectivity index (χ0v) is 12.6. The second-order valence-electron chi connectivity index (χ2n) is 5.08. The Bertz CT molecular complexity index is 501. The molecule has 3 N–H and O–H groups in total.